The zero-order valence-electron chi connectivity index (χ0n) is 10.0. The third-order valence-electron chi connectivity index (χ3n) is 3.18. The van der Waals surface area contributed by atoms with E-state index in [0.717, 1.165) is 0 Å². The van der Waals surface area contributed by atoms with E-state index >= 15 is 0 Å². The molecule has 0 saturated carbocycles. The Morgan fingerprint density at radius 3 is 2.78 bits per heavy atom. The summed E-state index contributed by atoms with van der Waals surface area (Å²) in [5.41, 5.74) is 0.692. The van der Waals surface area contributed by atoms with Gasteiger partial charge in [0.25, 0.3) is 10.0 Å². The molecule has 6 heteroatoms. The summed E-state index contributed by atoms with van der Waals surface area (Å²) in [4.78, 5) is 4.70. The number of aliphatic imine (C=N–C) groups is 1. The molecule has 0 spiro atoms. The Morgan fingerprint density at radius 1 is 1.39 bits per heavy atom. The Bertz CT molecular complexity index is 618. The summed E-state index contributed by atoms with van der Waals surface area (Å²) in [5.74, 6) is 0.443. The molecule has 0 bridgehead atoms. The first-order valence-electron chi connectivity index (χ1n) is 5.75. The van der Waals surface area contributed by atoms with Crippen LogP contribution in [0.2, 0.25) is 0 Å². The molecule has 2 heterocycles. The molecule has 5 nitrogen and oxygen atoms in total. The van der Waals surface area contributed by atoms with Gasteiger partial charge in [0.2, 0.25) is 0 Å². The third kappa shape index (κ3) is 1.81. The summed E-state index contributed by atoms with van der Waals surface area (Å²) in [6, 6.07) is 6.88. The second-order valence-corrected chi connectivity index (χ2v) is 6.72. The Morgan fingerprint density at radius 2 is 2.11 bits per heavy atom. The van der Waals surface area contributed by atoms with Crippen LogP contribution >= 0.6 is 0 Å². The number of sulfonamides is 1. The molecule has 1 aromatic carbocycles. The minimum Gasteiger partial charge on any atom is -0.380 e. The molecule has 2 aliphatic rings. The Balaban J connectivity index is 1.94. The molecule has 2 aliphatic heterocycles. The van der Waals surface area contributed by atoms with Crippen LogP contribution in [0.25, 0.3) is 0 Å². The maximum atomic E-state index is 11.9. The predicted molar refractivity (Wildman–Crippen MR) is 67.1 cm³/mol. The smallest absolute Gasteiger partial charge is 0.263 e. The van der Waals surface area contributed by atoms with Gasteiger partial charge in [0.1, 0.15) is 5.84 Å². The lowest BCUT2D eigenvalue weighted by atomic mass is 9.89. The van der Waals surface area contributed by atoms with E-state index in [4.69, 9.17) is 4.74 Å². The van der Waals surface area contributed by atoms with Crippen LogP contribution in [0.4, 0.5) is 0 Å². The zero-order chi connectivity index (χ0) is 12.8. The van der Waals surface area contributed by atoms with E-state index < -0.39 is 10.0 Å². The number of nitrogens with one attached hydrogen (secondary N) is 1. The van der Waals surface area contributed by atoms with Gasteiger partial charge in [-0.2, -0.15) is 0 Å². The topological polar surface area (TPSA) is 67.8 Å². The molecule has 0 aromatic heterocycles. The summed E-state index contributed by atoms with van der Waals surface area (Å²) in [5, 5.41) is 0. The van der Waals surface area contributed by atoms with Gasteiger partial charge in [-0.05, 0) is 12.1 Å². The van der Waals surface area contributed by atoms with Gasteiger partial charge in [0.05, 0.1) is 24.7 Å². The first-order chi connectivity index (χ1) is 8.50. The van der Waals surface area contributed by atoms with Gasteiger partial charge in [0.15, 0.2) is 0 Å². The van der Waals surface area contributed by atoms with Crippen LogP contribution in [0.5, 0.6) is 0 Å². The number of nitrogens with zero attached hydrogens (tertiary/aromatic N) is 1. The SMILES string of the molecule is CC1(CN=C2NS(=O)(=O)c3ccccc32)COC1. The summed E-state index contributed by atoms with van der Waals surface area (Å²) < 4.78 is 31.4. The Labute approximate surface area is 106 Å². The minimum absolute atomic E-state index is 0.0377. The van der Waals surface area contributed by atoms with E-state index in [2.05, 4.69) is 16.6 Å². The van der Waals surface area contributed by atoms with E-state index in [-0.39, 0.29) is 5.41 Å². The highest BCUT2D eigenvalue weighted by Crippen LogP contribution is 2.28. The fourth-order valence-corrected chi connectivity index (χ4v) is 3.31. The molecule has 0 radical (unpaired) electrons. The standard InChI is InChI=1S/C12H14N2O3S/c1-12(7-17-8-12)6-13-11-9-4-2-3-5-10(9)18(15,16)14-11/h2-5H,6-8H2,1H3,(H,13,14). The van der Waals surface area contributed by atoms with Crippen LogP contribution in [0.15, 0.2) is 34.2 Å². The number of hydrogen-bond acceptors (Lipinski definition) is 4. The summed E-state index contributed by atoms with van der Waals surface area (Å²) >= 11 is 0. The van der Waals surface area contributed by atoms with E-state index in [1.807, 2.05) is 6.07 Å². The second kappa shape index (κ2) is 3.80. The van der Waals surface area contributed by atoms with Gasteiger partial charge in [-0.1, -0.05) is 19.1 Å². The molecular formula is C12H14N2O3S. The molecule has 0 atom stereocenters. The number of rotatable bonds is 2. The van der Waals surface area contributed by atoms with Gasteiger partial charge >= 0.3 is 0 Å². The molecule has 0 unspecified atom stereocenters. The monoisotopic (exact) mass is 266 g/mol. The second-order valence-electron chi connectivity index (χ2n) is 5.07. The Hall–Kier alpha value is -1.40. The van der Waals surface area contributed by atoms with Crippen LogP contribution < -0.4 is 4.72 Å². The van der Waals surface area contributed by atoms with Gasteiger partial charge in [-0.15, -0.1) is 0 Å². The summed E-state index contributed by atoms with van der Waals surface area (Å²) in [6.07, 6.45) is 0. The summed E-state index contributed by atoms with van der Waals surface area (Å²) in [7, 11) is -3.42. The van der Waals surface area contributed by atoms with Crippen LogP contribution in [0.3, 0.4) is 0 Å². The number of hydrogen-bond donors (Lipinski definition) is 1. The lowest BCUT2D eigenvalue weighted by molar-refractivity contribution is -0.0944. The lowest BCUT2D eigenvalue weighted by Crippen LogP contribution is -2.42. The van der Waals surface area contributed by atoms with Crippen LogP contribution in [0.1, 0.15) is 12.5 Å². The van der Waals surface area contributed by atoms with Crippen LogP contribution in [0, 0.1) is 5.41 Å². The van der Waals surface area contributed by atoms with Crippen molar-refractivity contribution >= 4 is 15.9 Å². The highest BCUT2D eigenvalue weighted by Gasteiger charge is 2.35. The minimum atomic E-state index is -3.42. The molecule has 1 saturated heterocycles. The van der Waals surface area contributed by atoms with Crippen molar-refractivity contribution in [3.05, 3.63) is 29.8 Å². The van der Waals surface area contributed by atoms with Crippen molar-refractivity contribution in [1.82, 2.24) is 4.72 Å². The van der Waals surface area contributed by atoms with E-state index in [1.165, 1.54) is 0 Å². The van der Waals surface area contributed by atoms with Crippen molar-refractivity contribution < 1.29 is 13.2 Å². The van der Waals surface area contributed by atoms with E-state index in [0.29, 0.717) is 36.1 Å². The first-order valence-corrected chi connectivity index (χ1v) is 7.23. The molecule has 3 rings (SSSR count). The number of benzene rings is 1. The largest absolute Gasteiger partial charge is 0.380 e. The number of ether oxygens (including phenoxy) is 1. The maximum absolute atomic E-state index is 11.9. The zero-order valence-corrected chi connectivity index (χ0v) is 10.8. The molecular weight excluding hydrogens is 252 g/mol. The van der Waals surface area contributed by atoms with Crippen molar-refractivity contribution in [3.63, 3.8) is 0 Å². The van der Waals surface area contributed by atoms with Crippen molar-refractivity contribution in [2.75, 3.05) is 19.8 Å². The van der Waals surface area contributed by atoms with E-state index in [1.54, 1.807) is 18.2 Å². The van der Waals surface area contributed by atoms with Gasteiger partial charge < -0.3 is 4.74 Å². The van der Waals surface area contributed by atoms with Crippen molar-refractivity contribution in [2.45, 2.75) is 11.8 Å². The number of fused-ring (bicyclic) bond motifs is 1. The molecule has 1 aromatic rings. The average molecular weight is 266 g/mol. The third-order valence-corrected chi connectivity index (χ3v) is 4.58. The molecule has 18 heavy (non-hydrogen) atoms. The van der Waals surface area contributed by atoms with Gasteiger partial charge in [-0.3, -0.25) is 9.71 Å². The van der Waals surface area contributed by atoms with Crippen LogP contribution in [-0.2, 0) is 14.8 Å². The van der Waals surface area contributed by atoms with Crippen molar-refractivity contribution in [2.24, 2.45) is 10.4 Å². The highest BCUT2D eigenvalue weighted by molar-refractivity contribution is 7.90. The normalized spacial score (nSPS) is 25.3. The fourth-order valence-electron chi connectivity index (χ4n) is 2.06. The lowest BCUT2D eigenvalue weighted by Gasteiger charge is -2.36. The maximum Gasteiger partial charge on any atom is 0.263 e. The first kappa shape index (κ1) is 11.7. The van der Waals surface area contributed by atoms with Crippen molar-refractivity contribution in [3.8, 4) is 0 Å². The van der Waals surface area contributed by atoms with E-state index in [9.17, 15) is 8.42 Å². The number of amidine groups is 1. The predicted octanol–water partition coefficient (Wildman–Crippen LogP) is 0.762. The fraction of sp³-hybridized carbons (Fsp3) is 0.417. The molecule has 1 N–H and O–H groups in total. The van der Waals surface area contributed by atoms with Gasteiger partial charge in [0, 0.05) is 11.0 Å². The highest BCUT2D eigenvalue weighted by atomic mass is 32.2. The van der Waals surface area contributed by atoms with Crippen molar-refractivity contribution in [1.29, 1.82) is 0 Å². The van der Waals surface area contributed by atoms with Crippen LogP contribution in [-0.4, -0.2) is 34.0 Å². The molecule has 0 amide bonds. The quantitative estimate of drug-likeness (QED) is 0.859. The summed E-state index contributed by atoms with van der Waals surface area (Å²) in [6.45, 7) is 4.01. The molecule has 1 fully saturated rings. The molecule has 0 aliphatic carbocycles. The Kier molecular flexibility index (Phi) is 2.46. The average Bonchev–Trinajstić information content (AvgIpc) is 2.57. The van der Waals surface area contributed by atoms with Gasteiger partial charge in [-0.25, -0.2) is 8.42 Å². The molecule has 96 valence electrons.